The van der Waals surface area contributed by atoms with Gasteiger partial charge in [0.2, 0.25) is 0 Å². The van der Waals surface area contributed by atoms with Gasteiger partial charge in [-0.2, -0.15) is 0 Å². The molecule has 1 aromatic carbocycles. The summed E-state index contributed by atoms with van der Waals surface area (Å²) >= 11 is 3.44. The number of halogens is 1. The lowest BCUT2D eigenvalue weighted by molar-refractivity contribution is 0.295. The molecule has 0 aliphatic carbocycles. The van der Waals surface area contributed by atoms with E-state index in [2.05, 4.69) is 38.9 Å². The predicted molar refractivity (Wildman–Crippen MR) is 159 cm³/mol. The number of aryl methyl sites for hydroxylation is 1. The van der Waals surface area contributed by atoms with Crippen LogP contribution in [0.1, 0.15) is 57.2 Å². The van der Waals surface area contributed by atoms with Gasteiger partial charge in [-0.3, -0.25) is 8.71 Å². The summed E-state index contributed by atoms with van der Waals surface area (Å²) in [6.45, 7) is 8.54. The Kier molecular flexibility index (Phi) is 10.2. The number of imidazole rings is 1. The number of rotatable bonds is 9. The van der Waals surface area contributed by atoms with Crippen molar-refractivity contribution in [3.8, 4) is 11.3 Å². The number of anilines is 2. The molecule has 9 heteroatoms. The molecule has 4 heterocycles. The summed E-state index contributed by atoms with van der Waals surface area (Å²) in [5.41, 5.74) is 5.10. The van der Waals surface area contributed by atoms with Crippen molar-refractivity contribution >= 4 is 39.9 Å². The van der Waals surface area contributed by atoms with E-state index in [1.807, 2.05) is 38.2 Å². The molecule has 0 unspecified atom stereocenters. The van der Waals surface area contributed by atoms with Gasteiger partial charge in [-0.15, -0.1) is 11.3 Å². The Balaban J connectivity index is 0.00000164. The van der Waals surface area contributed by atoms with Crippen LogP contribution in [-0.2, 0) is 6.42 Å². The van der Waals surface area contributed by atoms with Crippen molar-refractivity contribution in [2.24, 2.45) is 0 Å². The van der Waals surface area contributed by atoms with Crippen LogP contribution in [0.3, 0.4) is 0 Å². The van der Waals surface area contributed by atoms with Crippen molar-refractivity contribution in [1.82, 2.24) is 18.7 Å². The number of pyridine rings is 1. The van der Waals surface area contributed by atoms with Crippen molar-refractivity contribution in [2.45, 2.75) is 52.4 Å². The number of hydrogen-bond acceptors (Lipinski definition) is 7. The Bertz CT molecular complexity index is 1300. The third-order valence-electron chi connectivity index (χ3n) is 6.76. The van der Waals surface area contributed by atoms with E-state index in [9.17, 15) is 4.39 Å². The quantitative estimate of drug-likeness (QED) is 0.175. The maximum absolute atomic E-state index is 13.4. The van der Waals surface area contributed by atoms with Gasteiger partial charge in [0.15, 0.2) is 5.13 Å². The van der Waals surface area contributed by atoms with Gasteiger partial charge in [0.1, 0.15) is 17.3 Å². The Hall–Kier alpha value is -2.46. The fourth-order valence-corrected chi connectivity index (χ4v) is 6.56. The zero-order chi connectivity index (χ0) is 27.1. The van der Waals surface area contributed by atoms with E-state index in [1.165, 1.54) is 17.7 Å². The van der Waals surface area contributed by atoms with Gasteiger partial charge >= 0.3 is 0 Å². The van der Waals surface area contributed by atoms with Crippen LogP contribution in [0.4, 0.5) is 15.3 Å². The maximum atomic E-state index is 13.4. The molecule has 4 aromatic rings. The van der Waals surface area contributed by atoms with Gasteiger partial charge < -0.3 is 10.0 Å². The Morgan fingerprint density at radius 1 is 1.11 bits per heavy atom. The zero-order valence-electron chi connectivity index (χ0n) is 22.7. The molecule has 204 valence electrons. The summed E-state index contributed by atoms with van der Waals surface area (Å²) < 4.78 is 18.0. The molecule has 38 heavy (non-hydrogen) atoms. The standard InChI is InChI=1S/C27H32FN5OS2.C2H6/c1-3-23-26(31(2)27-30-24(18-35-27)20-5-8-22(28)9-6-20)33-17-21(7-10-25(33)29-23)19-11-13-32(14-12-19)36-16-4-15-34;1-2/h5-10,17-19,34H,3-4,11-16H2,1-2H3;1-2H3. The highest BCUT2D eigenvalue weighted by Crippen LogP contribution is 2.36. The van der Waals surface area contributed by atoms with Crippen LogP contribution in [0.25, 0.3) is 16.9 Å². The first-order chi connectivity index (χ1) is 18.6. The molecule has 0 spiro atoms. The normalized spacial score (nSPS) is 14.5. The van der Waals surface area contributed by atoms with E-state index in [4.69, 9.17) is 15.1 Å². The average molecular weight is 556 g/mol. The number of piperidine rings is 1. The van der Waals surface area contributed by atoms with E-state index in [0.29, 0.717) is 5.92 Å². The van der Waals surface area contributed by atoms with Gasteiger partial charge in [-0.1, -0.05) is 38.8 Å². The van der Waals surface area contributed by atoms with Crippen LogP contribution in [-0.4, -0.2) is 56.3 Å². The highest BCUT2D eigenvalue weighted by Gasteiger charge is 2.23. The molecule has 5 rings (SSSR count). The minimum Gasteiger partial charge on any atom is -0.396 e. The minimum absolute atomic E-state index is 0.244. The second-order valence-electron chi connectivity index (χ2n) is 9.12. The number of hydrogen-bond donors (Lipinski definition) is 1. The summed E-state index contributed by atoms with van der Waals surface area (Å²) in [7, 11) is 2.05. The van der Waals surface area contributed by atoms with Crippen molar-refractivity contribution in [3.05, 3.63) is 65.0 Å². The van der Waals surface area contributed by atoms with E-state index >= 15 is 0 Å². The van der Waals surface area contributed by atoms with Crippen LogP contribution in [0.2, 0.25) is 0 Å². The maximum Gasteiger partial charge on any atom is 0.191 e. The number of aliphatic hydroxyl groups excluding tert-OH is 1. The summed E-state index contributed by atoms with van der Waals surface area (Å²) in [5.74, 6) is 2.31. The first-order valence-electron chi connectivity index (χ1n) is 13.5. The first-order valence-corrected chi connectivity index (χ1v) is 15.3. The van der Waals surface area contributed by atoms with Crippen molar-refractivity contribution in [2.75, 3.05) is 37.4 Å². The van der Waals surface area contributed by atoms with E-state index in [1.54, 1.807) is 23.5 Å². The molecule has 1 fully saturated rings. The number of aromatic nitrogens is 3. The third-order valence-corrected chi connectivity index (χ3v) is 8.88. The lowest BCUT2D eigenvalue weighted by Crippen LogP contribution is -2.28. The smallest absolute Gasteiger partial charge is 0.191 e. The van der Waals surface area contributed by atoms with E-state index in [0.717, 1.165) is 78.1 Å². The molecule has 0 bridgehead atoms. The number of fused-ring (bicyclic) bond motifs is 1. The fourth-order valence-electron chi connectivity index (χ4n) is 4.77. The highest BCUT2D eigenvalue weighted by molar-refractivity contribution is 7.97. The van der Waals surface area contributed by atoms with Gasteiger partial charge in [-0.25, -0.2) is 14.4 Å². The largest absolute Gasteiger partial charge is 0.396 e. The molecule has 1 N–H and O–H groups in total. The fraction of sp³-hybridized carbons (Fsp3) is 0.448. The van der Waals surface area contributed by atoms with Crippen LogP contribution in [0.15, 0.2) is 48.0 Å². The predicted octanol–water partition coefficient (Wildman–Crippen LogP) is 7.16. The van der Waals surface area contributed by atoms with Crippen molar-refractivity contribution in [1.29, 1.82) is 0 Å². The number of aliphatic hydroxyl groups is 1. The topological polar surface area (TPSA) is 56.9 Å². The summed E-state index contributed by atoms with van der Waals surface area (Å²) in [6, 6.07) is 10.8. The average Bonchev–Trinajstić information content (AvgIpc) is 3.60. The molecule has 3 aromatic heterocycles. The number of nitrogens with zero attached hydrogens (tertiary/aromatic N) is 5. The number of thiazole rings is 1. The Labute approximate surface area is 233 Å². The second kappa shape index (κ2) is 13.6. The molecule has 0 atom stereocenters. The summed E-state index contributed by atoms with van der Waals surface area (Å²) in [4.78, 5) is 11.9. The SMILES string of the molecule is CC.CCc1nc2ccc(C3CCN(SCCCO)CC3)cn2c1N(C)c1nc(-c2ccc(F)cc2)cs1. The molecule has 0 radical (unpaired) electrons. The molecular formula is C29H38FN5OS2. The molecular weight excluding hydrogens is 517 g/mol. The van der Waals surface area contributed by atoms with Gasteiger partial charge in [-0.05, 0) is 67.5 Å². The molecule has 0 amide bonds. The first kappa shape index (κ1) is 28.5. The van der Waals surface area contributed by atoms with Crippen molar-refractivity contribution in [3.63, 3.8) is 0 Å². The molecule has 6 nitrogen and oxygen atoms in total. The second-order valence-corrected chi connectivity index (χ2v) is 11.1. The van der Waals surface area contributed by atoms with E-state index in [-0.39, 0.29) is 12.4 Å². The monoisotopic (exact) mass is 555 g/mol. The minimum atomic E-state index is -0.244. The number of benzene rings is 1. The summed E-state index contributed by atoms with van der Waals surface area (Å²) in [5, 5.41) is 11.9. The van der Waals surface area contributed by atoms with E-state index < -0.39 is 0 Å². The van der Waals surface area contributed by atoms with Gasteiger partial charge in [0.05, 0.1) is 11.4 Å². The van der Waals surface area contributed by atoms with Crippen LogP contribution < -0.4 is 4.90 Å². The van der Waals surface area contributed by atoms with Gasteiger partial charge in [0.25, 0.3) is 0 Å². The van der Waals surface area contributed by atoms with Crippen LogP contribution >= 0.6 is 23.3 Å². The molecule has 0 saturated carbocycles. The Morgan fingerprint density at radius 2 is 1.84 bits per heavy atom. The van der Waals surface area contributed by atoms with Gasteiger partial charge in [0, 0.05) is 49.6 Å². The lowest BCUT2D eigenvalue weighted by atomic mass is 9.91. The lowest BCUT2D eigenvalue weighted by Gasteiger charge is -2.31. The van der Waals surface area contributed by atoms with Crippen LogP contribution in [0, 0.1) is 5.82 Å². The van der Waals surface area contributed by atoms with Crippen LogP contribution in [0.5, 0.6) is 0 Å². The highest BCUT2D eigenvalue weighted by atomic mass is 32.2. The zero-order valence-corrected chi connectivity index (χ0v) is 24.4. The Morgan fingerprint density at radius 3 is 2.53 bits per heavy atom. The summed E-state index contributed by atoms with van der Waals surface area (Å²) in [6.07, 6.45) is 6.21. The molecule has 1 saturated heterocycles. The van der Waals surface area contributed by atoms with Crippen molar-refractivity contribution < 1.29 is 9.50 Å². The molecule has 1 aliphatic rings. The third kappa shape index (κ3) is 6.39. The molecule has 1 aliphatic heterocycles.